The number of carbonyl (C=O) groups is 4. The number of hydrogen-bond donors (Lipinski definition) is 0. The van der Waals surface area contributed by atoms with Crippen LogP contribution in [0.15, 0.2) is 30.3 Å². The minimum atomic E-state index is -1.80. The largest absolute Gasteiger partial charge is 0.461 e. The normalized spacial score (nSPS) is 16.6. The van der Waals surface area contributed by atoms with E-state index in [1.165, 1.54) is 0 Å². The molecule has 2 atom stereocenters. The van der Waals surface area contributed by atoms with E-state index in [-0.39, 0.29) is 26.0 Å². The lowest BCUT2D eigenvalue weighted by atomic mass is 9.94. The van der Waals surface area contributed by atoms with Gasteiger partial charge in [-0.15, -0.1) is 0 Å². The van der Waals surface area contributed by atoms with Gasteiger partial charge in [0.05, 0.1) is 12.3 Å². The molecule has 12 heteroatoms. The number of ether oxygens (including phenoxy) is 3. The molecule has 1 saturated heterocycles. The summed E-state index contributed by atoms with van der Waals surface area (Å²) < 4.78 is 14.5. The number of amides is 2. The quantitative estimate of drug-likeness (QED) is 0.108. The molecule has 1 fully saturated rings. The van der Waals surface area contributed by atoms with Crippen LogP contribution >= 0.6 is 34.8 Å². The standard InChI is InChI=1S/C29H41Cl3N2O7/c1-5-6-7-11-15-22(18-24(35)40-20-29(30,31)32)25(36)34-23(26(37)41-28(2,3)4)16-12-17-33(34)27(38)39-19-21-13-9-8-10-14-21/h8-10,13-14,22-23H,5-7,11-12,15-20H2,1-4H3/t22-,23+/m1/s1. The van der Waals surface area contributed by atoms with Crippen molar-refractivity contribution in [2.24, 2.45) is 5.92 Å². The monoisotopic (exact) mass is 634 g/mol. The zero-order chi connectivity index (χ0) is 30.6. The fourth-order valence-corrected chi connectivity index (χ4v) is 4.57. The lowest BCUT2D eigenvalue weighted by Crippen LogP contribution is -2.62. The Kier molecular flexibility index (Phi) is 14.0. The molecule has 1 aromatic carbocycles. The van der Waals surface area contributed by atoms with Crippen LogP contribution < -0.4 is 0 Å². The summed E-state index contributed by atoms with van der Waals surface area (Å²) in [6.45, 7) is 6.90. The number of alkyl halides is 3. The molecule has 1 heterocycles. The Labute approximate surface area is 257 Å². The van der Waals surface area contributed by atoms with Crippen LogP contribution in [-0.4, -0.2) is 62.5 Å². The van der Waals surface area contributed by atoms with Crippen LogP contribution in [0.3, 0.4) is 0 Å². The van der Waals surface area contributed by atoms with Gasteiger partial charge in [0.2, 0.25) is 9.70 Å². The Morgan fingerprint density at radius 2 is 1.68 bits per heavy atom. The molecule has 2 amide bonds. The van der Waals surface area contributed by atoms with Gasteiger partial charge in [0.15, 0.2) is 6.04 Å². The van der Waals surface area contributed by atoms with Gasteiger partial charge in [0, 0.05) is 6.54 Å². The number of hydrogen-bond acceptors (Lipinski definition) is 7. The second kappa shape index (κ2) is 16.4. The molecule has 2 rings (SSSR count). The fraction of sp³-hybridized carbons (Fsp3) is 0.655. The van der Waals surface area contributed by atoms with Crippen LogP contribution in [0, 0.1) is 5.92 Å². The van der Waals surface area contributed by atoms with Crippen LogP contribution in [0.2, 0.25) is 0 Å². The summed E-state index contributed by atoms with van der Waals surface area (Å²) in [5.41, 5.74) is -0.0486. The third kappa shape index (κ3) is 12.7. The maximum atomic E-state index is 14.2. The van der Waals surface area contributed by atoms with Crippen molar-refractivity contribution in [1.82, 2.24) is 10.0 Å². The highest BCUT2D eigenvalue weighted by molar-refractivity contribution is 6.67. The van der Waals surface area contributed by atoms with E-state index in [9.17, 15) is 19.2 Å². The molecule has 0 radical (unpaired) electrons. The second-order valence-corrected chi connectivity index (χ2v) is 13.6. The summed E-state index contributed by atoms with van der Waals surface area (Å²) in [5, 5.41) is 2.27. The minimum Gasteiger partial charge on any atom is -0.461 e. The van der Waals surface area contributed by atoms with E-state index in [1.54, 1.807) is 20.8 Å². The number of hydrazine groups is 1. The number of unbranched alkanes of at least 4 members (excludes halogenated alkanes) is 3. The van der Waals surface area contributed by atoms with Gasteiger partial charge in [0.25, 0.3) is 0 Å². The van der Waals surface area contributed by atoms with Crippen molar-refractivity contribution in [3.05, 3.63) is 35.9 Å². The average Bonchev–Trinajstić information content (AvgIpc) is 2.90. The number of carbonyl (C=O) groups excluding carboxylic acids is 4. The van der Waals surface area contributed by atoms with Crippen LogP contribution in [0.5, 0.6) is 0 Å². The molecule has 1 aliphatic heterocycles. The van der Waals surface area contributed by atoms with Gasteiger partial charge in [0.1, 0.15) is 18.8 Å². The molecule has 0 unspecified atom stereocenters. The topological polar surface area (TPSA) is 102 Å². The highest BCUT2D eigenvalue weighted by Gasteiger charge is 2.44. The van der Waals surface area contributed by atoms with Crippen LogP contribution in [0.25, 0.3) is 0 Å². The van der Waals surface area contributed by atoms with E-state index >= 15 is 0 Å². The van der Waals surface area contributed by atoms with Gasteiger partial charge in [-0.2, -0.15) is 0 Å². The van der Waals surface area contributed by atoms with E-state index in [2.05, 4.69) is 6.92 Å². The number of benzene rings is 1. The third-order valence-corrected chi connectivity index (χ3v) is 6.62. The molecular weight excluding hydrogens is 595 g/mol. The van der Waals surface area contributed by atoms with E-state index < -0.39 is 51.9 Å². The Balaban J connectivity index is 2.35. The molecule has 0 spiro atoms. The first-order valence-corrected chi connectivity index (χ1v) is 15.1. The molecule has 0 aromatic heterocycles. The predicted molar refractivity (Wildman–Crippen MR) is 157 cm³/mol. The van der Waals surface area contributed by atoms with Gasteiger partial charge in [-0.3, -0.25) is 9.59 Å². The third-order valence-electron chi connectivity index (χ3n) is 6.29. The van der Waals surface area contributed by atoms with Gasteiger partial charge in [-0.1, -0.05) is 97.7 Å². The first kappa shape index (κ1) is 35.0. The Morgan fingerprint density at radius 1 is 1.00 bits per heavy atom. The van der Waals surface area contributed by atoms with E-state index in [0.29, 0.717) is 19.3 Å². The first-order chi connectivity index (χ1) is 19.2. The summed E-state index contributed by atoms with van der Waals surface area (Å²) in [4.78, 5) is 53.5. The van der Waals surface area contributed by atoms with Crippen LogP contribution in [0.4, 0.5) is 4.79 Å². The number of esters is 2. The lowest BCUT2D eigenvalue weighted by Gasteiger charge is -2.43. The van der Waals surface area contributed by atoms with E-state index in [4.69, 9.17) is 49.0 Å². The van der Waals surface area contributed by atoms with Gasteiger partial charge in [-0.25, -0.2) is 19.6 Å². The maximum absolute atomic E-state index is 14.2. The molecule has 0 aliphatic carbocycles. The van der Waals surface area contributed by atoms with Crippen molar-refractivity contribution in [2.45, 2.75) is 101 Å². The predicted octanol–water partition coefficient (Wildman–Crippen LogP) is 6.76. The fourth-order valence-electron chi connectivity index (χ4n) is 4.41. The van der Waals surface area contributed by atoms with Crippen molar-refractivity contribution in [2.75, 3.05) is 13.2 Å². The molecule has 41 heavy (non-hydrogen) atoms. The summed E-state index contributed by atoms with van der Waals surface area (Å²) in [6, 6.07) is 8.04. The summed E-state index contributed by atoms with van der Waals surface area (Å²) >= 11 is 17.2. The SMILES string of the molecule is CCCCCC[C@H](CC(=O)OCC(Cl)(Cl)Cl)C(=O)N1[C@H](C(=O)OC(C)(C)C)CCCN1C(=O)OCc1ccccc1. The maximum Gasteiger partial charge on any atom is 0.429 e. The van der Waals surface area contributed by atoms with Crippen molar-refractivity contribution in [3.63, 3.8) is 0 Å². The van der Waals surface area contributed by atoms with Crippen molar-refractivity contribution >= 4 is 58.7 Å². The molecule has 9 nitrogen and oxygen atoms in total. The lowest BCUT2D eigenvalue weighted by molar-refractivity contribution is -0.183. The molecule has 1 aromatic rings. The Hall–Kier alpha value is -2.23. The molecule has 0 bridgehead atoms. The van der Waals surface area contributed by atoms with E-state index in [0.717, 1.165) is 34.8 Å². The van der Waals surface area contributed by atoms with Crippen LogP contribution in [0.1, 0.15) is 84.6 Å². The number of rotatable bonds is 12. The highest BCUT2D eigenvalue weighted by Crippen LogP contribution is 2.29. The Morgan fingerprint density at radius 3 is 2.29 bits per heavy atom. The summed E-state index contributed by atoms with van der Waals surface area (Å²) in [7, 11) is 0. The van der Waals surface area contributed by atoms with Crippen molar-refractivity contribution in [1.29, 1.82) is 0 Å². The van der Waals surface area contributed by atoms with Gasteiger partial charge >= 0.3 is 18.0 Å². The molecule has 1 aliphatic rings. The Bertz CT molecular complexity index is 1010. The number of nitrogens with zero attached hydrogens (tertiary/aromatic N) is 2. The van der Waals surface area contributed by atoms with Crippen LogP contribution in [-0.2, 0) is 35.2 Å². The molecule has 230 valence electrons. The number of halogens is 3. The highest BCUT2D eigenvalue weighted by atomic mass is 35.6. The summed E-state index contributed by atoms with van der Waals surface area (Å²) in [6.07, 6.45) is 3.43. The molecular formula is C29H41Cl3N2O7. The van der Waals surface area contributed by atoms with E-state index in [1.807, 2.05) is 30.3 Å². The molecule has 0 saturated carbocycles. The average molecular weight is 636 g/mol. The smallest absolute Gasteiger partial charge is 0.429 e. The summed E-state index contributed by atoms with van der Waals surface area (Å²) in [5.74, 6) is -2.83. The van der Waals surface area contributed by atoms with Crippen molar-refractivity contribution < 1.29 is 33.4 Å². The van der Waals surface area contributed by atoms with Gasteiger partial charge < -0.3 is 14.2 Å². The minimum absolute atomic E-state index is 0.0148. The zero-order valence-electron chi connectivity index (χ0n) is 24.2. The second-order valence-electron chi connectivity index (χ2n) is 11.1. The molecule has 0 N–H and O–H groups in total. The first-order valence-electron chi connectivity index (χ1n) is 14.0. The van der Waals surface area contributed by atoms with Crippen molar-refractivity contribution in [3.8, 4) is 0 Å². The van der Waals surface area contributed by atoms with Gasteiger partial charge in [-0.05, 0) is 45.6 Å². The zero-order valence-corrected chi connectivity index (χ0v) is 26.5.